The van der Waals surface area contributed by atoms with Crippen molar-refractivity contribution in [1.82, 2.24) is 9.78 Å². The lowest BCUT2D eigenvalue weighted by Gasteiger charge is -2.23. The van der Waals surface area contributed by atoms with Crippen LogP contribution in [0.15, 0.2) is 90.4 Å². The van der Waals surface area contributed by atoms with Crippen LogP contribution in [-0.2, 0) is 25.6 Å². The number of ether oxygens (including phenoxy) is 2. The molecule has 0 N–H and O–H groups in total. The van der Waals surface area contributed by atoms with Gasteiger partial charge in [-0.05, 0) is 35.9 Å². The SMILES string of the molecule is COC(=O)C1=C(C(=O)OC)N(c2ccc3c(cnn3Cc3ccccc3)c2)C=CC=C1. The standard InChI is InChI=1S/C24H21N3O4/c1-30-23(28)20-10-6-7-13-26(22(20)24(29)31-2)19-11-12-21-18(14-19)15-25-27(21)16-17-8-4-3-5-9-17/h3-15H,16H2,1-2H3. The van der Waals surface area contributed by atoms with Crippen LogP contribution in [0.25, 0.3) is 10.9 Å². The molecule has 1 aromatic heterocycles. The highest BCUT2D eigenvalue weighted by molar-refractivity contribution is 6.05. The van der Waals surface area contributed by atoms with E-state index in [1.54, 1.807) is 29.4 Å². The number of aromatic nitrogens is 2. The van der Waals surface area contributed by atoms with Crippen LogP contribution in [0.4, 0.5) is 5.69 Å². The van der Waals surface area contributed by atoms with E-state index in [1.165, 1.54) is 20.3 Å². The highest BCUT2D eigenvalue weighted by Gasteiger charge is 2.27. The number of allylic oxidation sites excluding steroid dienone is 2. The molecule has 4 rings (SSSR count). The summed E-state index contributed by atoms with van der Waals surface area (Å²) in [6.07, 6.45) is 8.43. The molecule has 0 aliphatic carbocycles. The summed E-state index contributed by atoms with van der Waals surface area (Å²) in [5.41, 5.74) is 2.99. The first kappa shape index (κ1) is 20.2. The molecule has 0 radical (unpaired) electrons. The zero-order valence-electron chi connectivity index (χ0n) is 17.2. The van der Waals surface area contributed by atoms with Crippen molar-refractivity contribution in [2.45, 2.75) is 6.54 Å². The summed E-state index contributed by atoms with van der Waals surface area (Å²) in [7, 11) is 2.55. The Morgan fingerprint density at radius 3 is 2.48 bits per heavy atom. The zero-order chi connectivity index (χ0) is 21.8. The number of carbonyl (C=O) groups excluding carboxylic acids is 2. The van der Waals surface area contributed by atoms with Crippen LogP contribution in [0.1, 0.15) is 5.56 Å². The van der Waals surface area contributed by atoms with Crippen LogP contribution >= 0.6 is 0 Å². The summed E-state index contributed by atoms with van der Waals surface area (Å²) in [6.45, 7) is 0.650. The van der Waals surface area contributed by atoms with Gasteiger partial charge in [0.25, 0.3) is 0 Å². The third kappa shape index (κ3) is 3.98. The van der Waals surface area contributed by atoms with E-state index < -0.39 is 11.9 Å². The Hall–Kier alpha value is -4.13. The molecule has 0 atom stereocenters. The molecule has 1 aliphatic heterocycles. The first-order valence-corrected chi connectivity index (χ1v) is 9.67. The van der Waals surface area contributed by atoms with E-state index in [0.717, 1.165) is 16.5 Å². The van der Waals surface area contributed by atoms with E-state index >= 15 is 0 Å². The molecular formula is C24H21N3O4. The predicted octanol–water partition coefficient (Wildman–Crippen LogP) is 3.57. The fourth-order valence-corrected chi connectivity index (χ4v) is 3.47. The molecule has 0 amide bonds. The molecule has 156 valence electrons. The fourth-order valence-electron chi connectivity index (χ4n) is 3.47. The van der Waals surface area contributed by atoms with Crippen molar-refractivity contribution in [3.05, 3.63) is 96.0 Å². The number of benzene rings is 2. The number of rotatable bonds is 5. The number of methoxy groups -OCH3 is 2. The lowest BCUT2D eigenvalue weighted by atomic mass is 10.1. The topological polar surface area (TPSA) is 73.7 Å². The normalized spacial score (nSPS) is 13.4. The Balaban J connectivity index is 1.76. The molecule has 1 aliphatic rings. The van der Waals surface area contributed by atoms with Gasteiger partial charge in [-0.1, -0.05) is 36.4 Å². The van der Waals surface area contributed by atoms with Crippen LogP contribution in [0.5, 0.6) is 0 Å². The molecule has 0 unspecified atom stereocenters. The number of fused-ring (bicyclic) bond motifs is 1. The molecule has 31 heavy (non-hydrogen) atoms. The minimum absolute atomic E-state index is 0.0791. The number of anilines is 1. The van der Waals surface area contributed by atoms with Crippen LogP contribution in [0.2, 0.25) is 0 Å². The molecule has 0 saturated carbocycles. The average Bonchev–Trinajstić information content (AvgIpc) is 3.06. The van der Waals surface area contributed by atoms with Gasteiger partial charge in [-0.15, -0.1) is 0 Å². The van der Waals surface area contributed by atoms with E-state index in [1.807, 2.05) is 41.1 Å². The monoisotopic (exact) mass is 415 g/mol. The van der Waals surface area contributed by atoms with Gasteiger partial charge < -0.3 is 14.4 Å². The van der Waals surface area contributed by atoms with E-state index in [4.69, 9.17) is 9.47 Å². The highest BCUT2D eigenvalue weighted by atomic mass is 16.5. The molecular weight excluding hydrogens is 394 g/mol. The Bertz CT molecular complexity index is 1220. The van der Waals surface area contributed by atoms with Gasteiger partial charge in [-0.2, -0.15) is 5.10 Å². The van der Waals surface area contributed by atoms with Gasteiger partial charge in [0.15, 0.2) is 0 Å². The smallest absolute Gasteiger partial charge is 0.355 e. The lowest BCUT2D eigenvalue weighted by Crippen LogP contribution is -2.26. The maximum absolute atomic E-state index is 12.6. The number of carbonyl (C=O) groups is 2. The second-order valence-corrected chi connectivity index (χ2v) is 6.85. The van der Waals surface area contributed by atoms with E-state index in [9.17, 15) is 9.59 Å². The minimum Gasteiger partial charge on any atom is -0.465 e. The highest BCUT2D eigenvalue weighted by Crippen LogP contribution is 2.29. The number of hydrogen-bond donors (Lipinski definition) is 0. The third-order valence-corrected chi connectivity index (χ3v) is 4.97. The molecule has 7 heteroatoms. The molecule has 0 spiro atoms. The van der Waals surface area contributed by atoms with Gasteiger partial charge in [0, 0.05) is 17.3 Å². The summed E-state index contributed by atoms with van der Waals surface area (Å²) < 4.78 is 11.7. The zero-order valence-corrected chi connectivity index (χ0v) is 17.2. The average molecular weight is 415 g/mol. The van der Waals surface area contributed by atoms with Crippen molar-refractivity contribution in [3.63, 3.8) is 0 Å². The first-order chi connectivity index (χ1) is 15.1. The predicted molar refractivity (Wildman–Crippen MR) is 117 cm³/mol. The summed E-state index contributed by atoms with van der Waals surface area (Å²) in [4.78, 5) is 26.5. The second kappa shape index (κ2) is 8.71. The summed E-state index contributed by atoms with van der Waals surface area (Å²) >= 11 is 0. The molecule has 2 heterocycles. The summed E-state index contributed by atoms with van der Waals surface area (Å²) in [5.74, 6) is -1.27. The molecule has 2 aromatic carbocycles. The van der Waals surface area contributed by atoms with E-state index in [2.05, 4.69) is 17.2 Å². The lowest BCUT2D eigenvalue weighted by molar-refractivity contribution is -0.139. The van der Waals surface area contributed by atoms with Crippen LogP contribution in [0.3, 0.4) is 0 Å². The van der Waals surface area contributed by atoms with Crippen molar-refractivity contribution in [2.24, 2.45) is 0 Å². The number of nitrogens with zero attached hydrogens (tertiary/aromatic N) is 3. The van der Waals surface area contributed by atoms with Gasteiger partial charge in [-0.25, -0.2) is 9.59 Å². The van der Waals surface area contributed by atoms with Gasteiger partial charge in [-0.3, -0.25) is 4.68 Å². The molecule has 0 bridgehead atoms. The Kier molecular flexibility index (Phi) is 5.66. The maximum atomic E-state index is 12.6. The first-order valence-electron chi connectivity index (χ1n) is 9.67. The quantitative estimate of drug-likeness (QED) is 0.593. The van der Waals surface area contributed by atoms with Crippen molar-refractivity contribution in [2.75, 3.05) is 19.1 Å². The second-order valence-electron chi connectivity index (χ2n) is 6.85. The number of esters is 2. The fraction of sp³-hybridized carbons (Fsp3) is 0.125. The van der Waals surface area contributed by atoms with Gasteiger partial charge in [0.2, 0.25) is 0 Å². The summed E-state index contributed by atoms with van der Waals surface area (Å²) in [5, 5.41) is 5.42. The van der Waals surface area contributed by atoms with Crippen molar-refractivity contribution < 1.29 is 19.1 Å². The van der Waals surface area contributed by atoms with E-state index in [0.29, 0.717) is 12.2 Å². The van der Waals surface area contributed by atoms with Crippen molar-refractivity contribution in [3.8, 4) is 0 Å². The largest absolute Gasteiger partial charge is 0.465 e. The van der Waals surface area contributed by atoms with Crippen LogP contribution in [-0.4, -0.2) is 35.9 Å². The van der Waals surface area contributed by atoms with Crippen LogP contribution < -0.4 is 4.90 Å². The third-order valence-electron chi connectivity index (χ3n) is 4.97. The van der Waals surface area contributed by atoms with Crippen molar-refractivity contribution >= 4 is 28.5 Å². The molecule has 3 aromatic rings. The van der Waals surface area contributed by atoms with Crippen molar-refractivity contribution in [1.29, 1.82) is 0 Å². The molecule has 7 nitrogen and oxygen atoms in total. The molecule has 0 fully saturated rings. The van der Waals surface area contributed by atoms with Gasteiger partial charge >= 0.3 is 11.9 Å². The Morgan fingerprint density at radius 2 is 1.74 bits per heavy atom. The molecule has 0 saturated heterocycles. The number of hydrogen-bond acceptors (Lipinski definition) is 6. The van der Waals surface area contributed by atoms with Gasteiger partial charge in [0.05, 0.1) is 38.1 Å². The van der Waals surface area contributed by atoms with E-state index in [-0.39, 0.29) is 11.3 Å². The Labute approximate surface area is 179 Å². The summed E-state index contributed by atoms with van der Waals surface area (Å²) in [6, 6.07) is 15.8. The maximum Gasteiger partial charge on any atom is 0.355 e. The minimum atomic E-state index is -0.642. The van der Waals surface area contributed by atoms with Gasteiger partial charge in [0.1, 0.15) is 5.70 Å². The Morgan fingerprint density at radius 1 is 0.968 bits per heavy atom. The van der Waals surface area contributed by atoms with Crippen LogP contribution in [0, 0.1) is 0 Å².